The molecule has 0 unspecified atom stereocenters. The number of benzene rings is 3. The highest BCUT2D eigenvalue weighted by atomic mass is 19.2. The van der Waals surface area contributed by atoms with E-state index in [0.717, 1.165) is 28.2 Å². The zero-order valence-electron chi connectivity index (χ0n) is 18.7. The normalized spacial score (nSPS) is 17.7. The highest BCUT2D eigenvalue weighted by Gasteiger charge is 2.50. The molecule has 1 saturated heterocycles. The van der Waals surface area contributed by atoms with Crippen molar-refractivity contribution in [3.05, 3.63) is 107 Å². The second-order valence-corrected chi connectivity index (χ2v) is 8.30. The van der Waals surface area contributed by atoms with E-state index in [9.17, 15) is 23.2 Å². The second kappa shape index (κ2) is 9.05. The Kier molecular flexibility index (Phi) is 6.15. The number of hydrogen-bond acceptors (Lipinski definition) is 3. The summed E-state index contributed by atoms with van der Waals surface area (Å²) in [5.41, 5.74) is 0.198. The average molecular weight is 463 g/mol. The minimum absolute atomic E-state index is 0.0829. The maximum Gasteiger partial charge on any atom is 0.325 e. The van der Waals surface area contributed by atoms with Gasteiger partial charge in [-0.2, -0.15) is 0 Å². The van der Waals surface area contributed by atoms with E-state index in [2.05, 4.69) is 5.32 Å². The molecule has 0 radical (unpaired) electrons. The molecular weight excluding hydrogens is 440 g/mol. The van der Waals surface area contributed by atoms with Crippen LogP contribution in [-0.4, -0.2) is 41.2 Å². The zero-order chi connectivity index (χ0) is 24.5. The van der Waals surface area contributed by atoms with Crippen LogP contribution >= 0.6 is 0 Å². The first-order chi connectivity index (χ1) is 16.2. The van der Waals surface area contributed by atoms with Crippen molar-refractivity contribution in [2.45, 2.75) is 18.5 Å². The smallest absolute Gasteiger partial charge is 0.325 e. The Morgan fingerprint density at radius 2 is 1.50 bits per heavy atom. The van der Waals surface area contributed by atoms with Crippen LogP contribution in [0.3, 0.4) is 0 Å². The lowest BCUT2D eigenvalue weighted by molar-refractivity contribution is -0.139. The molecule has 8 heteroatoms. The number of nitrogens with zero attached hydrogens (tertiary/aromatic N) is 2. The summed E-state index contributed by atoms with van der Waals surface area (Å²) in [6.45, 7) is 0.890. The van der Waals surface area contributed by atoms with Crippen molar-refractivity contribution in [1.82, 2.24) is 15.1 Å². The summed E-state index contributed by atoms with van der Waals surface area (Å²) in [5, 5.41) is 2.51. The molecule has 1 fully saturated rings. The number of urea groups is 1. The number of nitrogens with one attached hydrogen (secondary N) is 1. The molecule has 1 heterocycles. The molecule has 174 valence electrons. The van der Waals surface area contributed by atoms with Crippen LogP contribution < -0.4 is 5.32 Å². The Bertz CT molecular complexity index is 1200. The fourth-order valence-electron chi connectivity index (χ4n) is 4.14. The van der Waals surface area contributed by atoms with Crippen LogP contribution in [0.5, 0.6) is 0 Å². The van der Waals surface area contributed by atoms with E-state index in [4.69, 9.17) is 0 Å². The number of imide groups is 1. The van der Waals surface area contributed by atoms with Crippen molar-refractivity contribution in [3.63, 3.8) is 0 Å². The van der Waals surface area contributed by atoms with Gasteiger partial charge in [0.1, 0.15) is 12.1 Å². The van der Waals surface area contributed by atoms with E-state index in [-0.39, 0.29) is 5.56 Å². The molecular formula is C26H23F2N3O3. The number of amides is 4. The average Bonchev–Trinajstić information content (AvgIpc) is 3.06. The number of carbonyl (C=O) groups excluding carboxylic acids is 3. The number of hydrogen-bond donors (Lipinski definition) is 1. The second-order valence-electron chi connectivity index (χ2n) is 8.30. The van der Waals surface area contributed by atoms with Crippen molar-refractivity contribution in [1.29, 1.82) is 0 Å². The molecule has 1 atom stereocenters. The van der Waals surface area contributed by atoms with E-state index in [1.165, 1.54) is 17.9 Å². The third-order valence-corrected chi connectivity index (χ3v) is 6.08. The van der Waals surface area contributed by atoms with Gasteiger partial charge < -0.3 is 10.2 Å². The van der Waals surface area contributed by atoms with Crippen molar-refractivity contribution in [2.75, 3.05) is 13.6 Å². The van der Waals surface area contributed by atoms with Gasteiger partial charge in [0.05, 0.1) is 6.04 Å². The molecule has 3 aromatic carbocycles. The highest BCUT2D eigenvalue weighted by Crippen LogP contribution is 2.31. The summed E-state index contributed by atoms with van der Waals surface area (Å²) < 4.78 is 27.1. The van der Waals surface area contributed by atoms with Crippen LogP contribution in [0.15, 0.2) is 78.9 Å². The number of likely N-dealkylation sites (N-methyl/N-ethyl adjacent to an activating group) is 1. The van der Waals surface area contributed by atoms with Gasteiger partial charge in [-0.3, -0.25) is 14.5 Å². The fraction of sp³-hybridized carbons (Fsp3) is 0.192. The third kappa shape index (κ3) is 4.14. The molecule has 0 spiro atoms. The summed E-state index contributed by atoms with van der Waals surface area (Å²) in [7, 11) is 1.61. The monoisotopic (exact) mass is 463 g/mol. The van der Waals surface area contributed by atoms with Gasteiger partial charge >= 0.3 is 6.03 Å². The van der Waals surface area contributed by atoms with E-state index in [1.807, 2.05) is 60.7 Å². The van der Waals surface area contributed by atoms with E-state index in [0.29, 0.717) is 0 Å². The van der Waals surface area contributed by atoms with Crippen LogP contribution in [0.1, 0.15) is 29.7 Å². The zero-order valence-corrected chi connectivity index (χ0v) is 18.7. The molecule has 0 aliphatic carbocycles. The van der Waals surface area contributed by atoms with Crippen molar-refractivity contribution < 1.29 is 23.2 Å². The molecule has 1 N–H and O–H groups in total. The number of carbonyl (C=O) groups is 3. The summed E-state index contributed by atoms with van der Waals surface area (Å²) >= 11 is 0. The van der Waals surface area contributed by atoms with E-state index in [1.54, 1.807) is 7.05 Å². The summed E-state index contributed by atoms with van der Waals surface area (Å²) in [6.07, 6.45) is 0. The molecule has 0 saturated carbocycles. The van der Waals surface area contributed by atoms with E-state index < -0.39 is 47.6 Å². The number of halogens is 2. The van der Waals surface area contributed by atoms with Gasteiger partial charge in [0.2, 0.25) is 5.91 Å². The maximum atomic E-state index is 13.8. The largest absolute Gasteiger partial charge is 0.333 e. The Labute approximate surface area is 195 Å². The molecule has 4 amide bonds. The Morgan fingerprint density at radius 1 is 0.941 bits per heavy atom. The van der Waals surface area contributed by atoms with Gasteiger partial charge in [-0.25, -0.2) is 13.6 Å². The molecule has 0 bridgehead atoms. The maximum absolute atomic E-state index is 13.8. The van der Waals surface area contributed by atoms with Crippen molar-refractivity contribution in [2.24, 2.45) is 0 Å². The predicted molar refractivity (Wildman–Crippen MR) is 121 cm³/mol. The van der Waals surface area contributed by atoms with Gasteiger partial charge in [-0.05, 0) is 35.7 Å². The Balaban J connectivity index is 1.59. The highest BCUT2D eigenvalue weighted by molar-refractivity contribution is 6.09. The third-order valence-electron chi connectivity index (χ3n) is 6.08. The first-order valence-corrected chi connectivity index (χ1v) is 10.7. The molecule has 1 aliphatic heterocycles. The van der Waals surface area contributed by atoms with Gasteiger partial charge in [0.15, 0.2) is 11.6 Å². The van der Waals surface area contributed by atoms with E-state index >= 15 is 0 Å². The lowest BCUT2D eigenvalue weighted by Gasteiger charge is -2.30. The molecule has 4 rings (SSSR count). The fourth-order valence-corrected chi connectivity index (χ4v) is 4.14. The van der Waals surface area contributed by atoms with Crippen molar-refractivity contribution in [3.8, 4) is 0 Å². The molecule has 0 aromatic heterocycles. The Hall–Kier alpha value is -4.07. The lowest BCUT2D eigenvalue weighted by atomic mass is 9.92. The molecule has 1 aliphatic rings. The summed E-state index contributed by atoms with van der Waals surface area (Å²) in [5.74, 6) is -3.38. The SMILES string of the molecule is CN(C(=O)CN1C(=O)N[C@@](C)(c2ccc(F)c(F)c2)C1=O)C(c1ccccc1)c1ccccc1. The molecule has 34 heavy (non-hydrogen) atoms. The minimum Gasteiger partial charge on any atom is -0.333 e. The van der Waals surface area contributed by atoms with Gasteiger partial charge in [0, 0.05) is 7.05 Å². The topological polar surface area (TPSA) is 69.7 Å². The van der Waals surface area contributed by atoms with Gasteiger partial charge in [-0.1, -0.05) is 66.7 Å². The van der Waals surface area contributed by atoms with Crippen molar-refractivity contribution >= 4 is 17.8 Å². The quantitative estimate of drug-likeness (QED) is 0.563. The van der Waals surface area contributed by atoms with Gasteiger partial charge in [-0.15, -0.1) is 0 Å². The summed E-state index contributed by atoms with van der Waals surface area (Å²) in [4.78, 5) is 41.4. The lowest BCUT2D eigenvalue weighted by Crippen LogP contribution is -2.44. The number of rotatable bonds is 6. The van der Waals surface area contributed by atoms with Gasteiger partial charge in [0.25, 0.3) is 5.91 Å². The first-order valence-electron chi connectivity index (χ1n) is 10.7. The standard InChI is InChI=1S/C26H23F2N3O3/c1-26(19-13-14-20(27)21(28)15-19)24(33)31(25(34)29-26)16-22(32)30(2)23(17-9-5-3-6-10-17)18-11-7-4-8-12-18/h3-15,23H,16H2,1-2H3,(H,29,34)/t26-/m0/s1. The molecule has 6 nitrogen and oxygen atoms in total. The predicted octanol–water partition coefficient (Wildman–Crippen LogP) is 3.98. The van der Waals surface area contributed by atoms with Crippen LogP contribution in [0, 0.1) is 11.6 Å². The molecule has 3 aromatic rings. The van der Waals surface area contributed by atoms with Crippen LogP contribution in [0.2, 0.25) is 0 Å². The summed E-state index contributed by atoms with van der Waals surface area (Å²) in [6, 6.07) is 20.6. The van der Waals surface area contributed by atoms with Crippen LogP contribution in [0.4, 0.5) is 13.6 Å². The Morgan fingerprint density at radius 3 is 2.03 bits per heavy atom. The van der Waals surface area contributed by atoms with Crippen LogP contribution in [-0.2, 0) is 15.1 Å². The van der Waals surface area contributed by atoms with Crippen LogP contribution in [0.25, 0.3) is 0 Å². The first kappa shape index (κ1) is 23.1. The minimum atomic E-state index is -1.62.